The molecule has 11 nitrogen and oxygen atoms in total. The highest BCUT2D eigenvalue weighted by atomic mass is 32.2. The van der Waals surface area contributed by atoms with Crippen molar-refractivity contribution in [2.45, 2.75) is 58.3 Å². The second-order valence-corrected chi connectivity index (χ2v) is 14.2. The number of nitrogens with zero attached hydrogens (tertiary/aromatic N) is 4. The van der Waals surface area contributed by atoms with Crippen LogP contribution in [0.4, 0.5) is 17.1 Å². The average Bonchev–Trinajstić information content (AvgIpc) is 3.53. The summed E-state index contributed by atoms with van der Waals surface area (Å²) in [5, 5.41) is 17.1. The Morgan fingerprint density at radius 1 is 0.939 bits per heavy atom. The van der Waals surface area contributed by atoms with E-state index in [1.54, 1.807) is 53.4 Å². The number of rotatable bonds is 11. The molecule has 12 heteroatoms. The van der Waals surface area contributed by atoms with Crippen LogP contribution in [0.15, 0.2) is 106 Å². The summed E-state index contributed by atoms with van der Waals surface area (Å²) in [6, 6.07) is 20.1. The summed E-state index contributed by atoms with van der Waals surface area (Å²) in [5.41, 5.74) is 3.80. The summed E-state index contributed by atoms with van der Waals surface area (Å²) >= 11 is 0. The molecule has 0 unspecified atom stereocenters. The van der Waals surface area contributed by atoms with E-state index in [4.69, 9.17) is 0 Å². The number of carbonyl (C=O) groups is 1. The van der Waals surface area contributed by atoms with Gasteiger partial charge < -0.3 is 9.80 Å². The molecule has 2 aliphatic rings. The van der Waals surface area contributed by atoms with E-state index in [-0.39, 0.29) is 16.5 Å². The van der Waals surface area contributed by atoms with E-state index in [0.717, 1.165) is 16.9 Å². The number of anilines is 2. The number of para-hydroxylation sites is 1. The Balaban J connectivity index is 0.000000698. The lowest BCUT2D eigenvalue weighted by Crippen LogP contribution is -3.11. The van der Waals surface area contributed by atoms with E-state index >= 15 is 0 Å². The molecular weight excluding hydrogens is 641 g/mol. The normalized spacial score (nSPS) is 17.0. The number of nitro benzene ring substituents is 1. The van der Waals surface area contributed by atoms with Gasteiger partial charge in [0.05, 0.1) is 40.7 Å². The molecule has 5 rings (SSSR count). The lowest BCUT2D eigenvalue weighted by molar-refractivity contribution is -0.894. The Hall–Kier alpha value is -4.65. The van der Waals surface area contributed by atoms with Crippen LogP contribution in [0.1, 0.15) is 59.1 Å². The summed E-state index contributed by atoms with van der Waals surface area (Å²) in [7, 11) is -1.75. The van der Waals surface area contributed by atoms with Crippen molar-refractivity contribution in [3.05, 3.63) is 117 Å². The maximum absolute atomic E-state index is 13.7. The summed E-state index contributed by atoms with van der Waals surface area (Å²) in [6.07, 6.45) is 4.25. The molecule has 0 aliphatic carbocycles. The number of hydrogen-bond acceptors (Lipinski definition) is 7. The zero-order valence-corrected chi connectivity index (χ0v) is 30.2. The van der Waals surface area contributed by atoms with E-state index in [0.29, 0.717) is 35.5 Å². The predicted molar refractivity (Wildman–Crippen MR) is 196 cm³/mol. The minimum absolute atomic E-state index is 0.0605. The van der Waals surface area contributed by atoms with Gasteiger partial charge in [-0.1, -0.05) is 39.0 Å². The number of quaternary nitrogens is 1. The average molecular weight is 688 g/mol. The number of allylic oxidation sites excluding steroid dienone is 3. The molecule has 0 saturated heterocycles. The fraction of sp³-hybridized carbons (Fsp3) is 0.351. The van der Waals surface area contributed by atoms with Crippen molar-refractivity contribution in [3.8, 4) is 0 Å². The fourth-order valence-corrected chi connectivity index (χ4v) is 7.14. The Bertz CT molecular complexity index is 1860. The summed E-state index contributed by atoms with van der Waals surface area (Å²) in [4.78, 5) is 28.3. The third-order valence-corrected chi connectivity index (χ3v) is 10.5. The first kappa shape index (κ1) is 37.2. The smallest absolute Gasteiger partial charge is 0.281 e. The number of nitrogens with one attached hydrogen (secondary N) is 2. The lowest BCUT2D eigenvalue weighted by Gasteiger charge is -2.24. The number of sulfonamides is 1. The molecule has 49 heavy (non-hydrogen) atoms. The number of likely N-dealkylation sites (N-methyl/N-ethyl adjacent to an activating group) is 1. The SMILES string of the molecule is CCCNS(=O)(=O)c1ccc2c(c1)C(C)(C)/C(=C\C=C1/C(=O)N(c3ccccc3)N=C1c1ccc([N+](=O)[O-])cc1)N2C.CC[NH+](CC)CC. The molecule has 1 amide bonds. The zero-order valence-electron chi connectivity index (χ0n) is 29.4. The first-order valence-corrected chi connectivity index (χ1v) is 18.2. The molecule has 260 valence electrons. The highest BCUT2D eigenvalue weighted by molar-refractivity contribution is 7.89. The molecular formula is C37H47N6O5S+. The quantitative estimate of drug-likeness (QED) is 0.162. The topological polar surface area (TPSA) is 130 Å². The highest BCUT2D eigenvalue weighted by Gasteiger charge is 2.39. The molecule has 0 spiro atoms. The van der Waals surface area contributed by atoms with Crippen LogP contribution in [0.25, 0.3) is 0 Å². The standard InChI is InChI=1S/C31H31N5O5S.C6H15N/c1-5-19-32-42(40,41)24-15-17-27-26(20-24)31(2,3)28(34(27)4)18-16-25-29(21-11-13-23(14-12-21)36(38)39)33-35(30(25)37)22-9-7-6-8-10-22;1-4-7(5-2)6-3/h6-18,20,32H,5,19H2,1-4H3;4-6H2,1-3H3/p+1/b25-16-,28-18+;. The Morgan fingerprint density at radius 2 is 1.57 bits per heavy atom. The van der Waals surface area contributed by atoms with Crippen LogP contribution in [0.3, 0.4) is 0 Å². The second-order valence-electron chi connectivity index (χ2n) is 12.4. The molecule has 2 aliphatic heterocycles. The molecule has 2 N–H and O–H groups in total. The first-order valence-electron chi connectivity index (χ1n) is 16.7. The van der Waals surface area contributed by atoms with Gasteiger partial charge in [0.25, 0.3) is 11.6 Å². The van der Waals surface area contributed by atoms with Gasteiger partial charge in [-0.15, -0.1) is 0 Å². The number of hydrogen-bond donors (Lipinski definition) is 2. The number of nitro groups is 1. The minimum atomic E-state index is -3.65. The predicted octanol–water partition coefficient (Wildman–Crippen LogP) is 5.20. The van der Waals surface area contributed by atoms with Gasteiger partial charge >= 0.3 is 0 Å². The van der Waals surface area contributed by atoms with Crippen molar-refractivity contribution >= 4 is 38.7 Å². The highest BCUT2D eigenvalue weighted by Crippen LogP contribution is 2.47. The van der Waals surface area contributed by atoms with Gasteiger partial charge in [-0.25, -0.2) is 13.1 Å². The van der Waals surface area contributed by atoms with Crippen molar-refractivity contribution < 1.29 is 23.0 Å². The molecule has 0 aromatic heterocycles. The Kier molecular flexibility index (Phi) is 11.9. The molecule has 0 bridgehead atoms. The van der Waals surface area contributed by atoms with Crippen molar-refractivity contribution in [3.63, 3.8) is 0 Å². The van der Waals surface area contributed by atoms with Gasteiger partial charge in [0.1, 0.15) is 5.71 Å². The summed E-state index contributed by atoms with van der Waals surface area (Å²) in [5.74, 6) is -0.335. The largest absolute Gasteiger partial charge is 0.347 e. The van der Waals surface area contributed by atoms with Gasteiger partial charge in [-0.3, -0.25) is 14.9 Å². The van der Waals surface area contributed by atoms with Crippen LogP contribution in [0, 0.1) is 10.1 Å². The van der Waals surface area contributed by atoms with E-state index in [9.17, 15) is 23.3 Å². The minimum Gasteiger partial charge on any atom is -0.347 e. The number of fused-ring (bicyclic) bond motifs is 1. The van der Waals surface area contributed by atoms with Gasteiger partial charge in [0.2, 0.25) is 10.0 Å². The molecule has 3 aromatic rings. The van der Waals surface area contributed by atoms with Gasteiger partial charge in [-0.05, 0) is 87.4 Å². The molecule has 0 atom stereocenters. The molecule has 3 aromatic carbocycles. The van der Waals surface area contributed by atoms with E-state index in [1.165, 1.54) is 36.8 Å². The van der Waals surface area contributed by atoms with Crippen LogP contribution >= 0.6 is 0 Å². The molecule has 0 radical (unpaired) electrons. The van der Waals surface area contributed by atoms with Gasteiger partial charge in [0, 0.05) is 48.1 Å². The second kappa shape index (κ2) is 15.7. The number of carbonyl (C=O) groups excluding carboxylic acids is 1. The molecule has 0 saturated carbocycles. The van der Waals surface area contributed by atoms with Crippen molar-refractivity contribution in [2.24, 2.45) is 5.10 Å². The Morgan fingerprint density at radius 3 is 2.12 bits per heavy atom. The number of non-ortho nitro benzene ring substituents is 1. The van der Waals surface area contributed by atoms with Gasteiger partial charge in [0.15, 0.2) is 0 Å². The maximum atomic E-state index is 13.7. The molecule has 0 fully saturated rings. The zero-order chi connectivity index (χ0) is 35.9. The van der Waals surface area contributed by atoms with Crippen LogP contribution in [-0.4, -0.2) is 58.2 Å². The fourth-order valence-electron chi connectivity index (χ4n) is 5.98. The summed E-state index contributed by atoms with van der Waals surface area (Å²) in [6.45, 7) is 16.8. The molecule has 2 heterocycles. The first-order chi connectivity index (χ1) is 23.3. The number of benzene rings is 3. The van der Waals surface area contributed by atoms with Crippen LogP contribution in [0.2, 0.25) is 0 Å². The van der Waals surface area contributed by atoms with Crippen molar-refractivity contribution in [1.82, 2.24) is 4.72 Å². The van der Waals surface area contributed by atoms with Crippen LogP contribution in [0.5, 0.6) is 0 Å². The monoisotopic (exact) mass is 687 g/mol. The number of amides is 1. The Labute approximate surface area is 289 Å². The van der Waals surface area contributed by atoms with E-state index in [1.807, 2.05) is 57.0 Å². The number of hydrazone groups is 1. The van der Waals surface area contributed by atoms with Crippen molar-refractivity contribution in [2.75, 3.05) is 43.1 Å². The van der Waals surface area contributed by atoms with Crippen molar-refractivity contribution in [1.29, 1.82) is 0 Å². The van der Waals surface area contributed by atoms with Gasteiger partial charge in [-0.2, -0.15) is 10.1 Å². The summed E-state index contributed by atoms with van der Waals surface area (Å²) < 4.78 is 28.3. The maximum Gasteiger partial charge on any atom is 0.281 e. The lowest BCUT2D eigenvalue weighted by atomic mass is 9.83. The van der Waals surface area contributed by atoms with Crippen LogP contribution in [-0.2, 0) is 20.2 Å². The van der Waals surface area contributed by atoms with E-state index in [2.05, 4.69) is 30.6 Å². The van der Waals surface area contributed by atoms with Crippen LogP contribution < -0.4 is 19.5 Å². The third-order valence-electron chi connectivity index (χ3n) is 8.99. The van der Waals surface area contributed by atoms with E-state index < -0.39 is 20.4 Å². The third kappa shape index (κ3) is 7.98.